The molecule has 5 rings (SSSR count). The Hall–Kier alpha value is -4.06. The third-order valence-electron chi connectivity index (χ3n) is 5.16. The molecular weight excluding hydrogens is 372 g/mol. The molecule has 0 fully saturated rings. The number of nitrogen functional groups attached to an aromatic ring is 1. The largest absolute Gasteiger partial charge is 0.383 e. The molecular formula is C24H20N6. The van der Waals surface area contributed by atoms with Gasteiger partial charge in [0.15, 0.2) is 11.5 Å². The molecule has 0 spiro atoms. The van der Waals surface area contributed by atoms with Gasteiger partial charge in [0.1, 0.15) is 11.3 Å². The number of hydrogen-bond donors (Lipinski definition) is 1. The fourth-order valence-electron chi connectivity index (χ4n) is 3.55. The predicted octanol–water partition coefficient (Wildman–Crippen LogP) is 4.69. The van der Waals surface area contributed by atoms with Crippen LogP contribution in [0.1, 0.15) is 12.5 Å². The van der Waals surface area contributed by atoms with Crippen LogP contribution in [0.25, 0.3) is 39.5 Å². The van der Waals surface area contributed by atoms with Crippen molar-refractivity contribution in [2.45, 2.75) is 13.3 Å². The first-order valence-electron chi connectivity index (χ1n) is 9.84. The monoisotopic (exact) mass is 392 g/mol. The number of imidazole rings is 1. The average Bonchev–Trinajstić information content (AvgIpc) is 3.18. The molecule has 0 saturated carbocycles. The Balaban J connectivity index is 1.79. The fourth-order valence-corrected chi connectivity index (χ4v) is 3.55. The highest BCUT2D eigenvalue weighted by atomic mass is 15.1. The minimum atomic E-state index is 0.439. The first-order valence-corrected chi connectivity index (χ1v) is 9.84. The van der Waals surface area contributed by atoms with Crippen molar-refractivity contribution in [2.75, 3.05) is 5.73 Å². The van der Waals surface area contributed by atoms with Gasteiger partial charge in [-0.15, -0.1) is 0 Å². The van der Waals surface area contributed by atoms with E-state index in [0.717, 1.165) is 45.9 Å². The Kier molecular flexibility index (Phi) is 4.44. The van der Waals surface area contributed by atoms with Crippen LogP contribution in [0.15, 0.2) is 79.3 Å². The van der Waals surface area contributed by atoms with Gasteiger partial charge in [-0.25, -0.2) is 15.0 Å². The molecule has 0 aliphatic heterocycles. The van der Waals surface area contributed by atoms with E-state index in [2.05, 4.69) is 41.2 Å². The van der Waals surface area contributed by atoms with E-state index in [4.69, 9.17) is 15.7 Å². The van der Waals surface area contributed by atoms with E-state index in [0.29, 0.717) is 5.82 Å². The average molecular weight is 392 g/mol. The molecule has 146 valence electrons. The molecule has 0 aliphatic rings. The van der Waals surface area contributed by atoms with Gasteiger partial charge in [-0.1, -0.05) is 19.1 Å². The Bertz CT molecular complexity index is 1320. The zero-order valence-corrected chi connectivity index (χ0v) is 16.5. The SMILES string of the molecule is CCc1ccc(-n2c(-c3cccnc3N)nc3ccc(-c4ccncc4)nc32)cc1. The highest BCUT2D eigenvalue weighted by Gasteiger charge is 2.18. The second kappa shape index (κ2) is 7.40. The summed E-state index contributed by atoms with van der Waals surface area (Å²) in [5.41, 5.74) is 12.7. The molecule has 6 nitrogen and oxygen atoms in total. The van der Waals surface area contributed by atoms with E-state index in [9.17, 15) is 0 Å². The number of benzene rings is 1. The van der Waals surface area contributed by atoms with Gasteiger partial charge >= 0.3 is 0 Å². The van der Waals surface area contributed by atoms with E-state index >= 15 is 0 Å². The summed E-state index contributed by atoms with van der Waals surface area (Å²) in [5, 5.41) is 0. The molecule has 2 N–H and O–H groups in total. The quantitative estimate of drug-likeness (QED) is 0.480. The van der Waals surface area contributed by atoms with Gasteiger partial charge in [-0.2, -0.15) is 0 Å². The molecule has 0 aliphatic carbocycles. The van der Waals surface area contributed by atoms with Gasteiger partial charge in [0.2, 0.25) is 0 Å². The van der Waals surface area contributed by atoms with Crippen LogP contribution >= 0.6 is 0 Å². The number of anilines is 1. The number of nitrogens with zero attached hydrogens (tertiary/aromatic N) is 5. The summed E-state index contributed by atoms with van der Waals surface area (Å²) in [4.78, 5) is 18.2. The minimum absolute atomic E-state index is 0.439. The molecule has 0 radical (unpaired) electrons. The second-order valence-electron chi connectivity index (χ2n) is 7.00. The molecule has 0 saturated heterocycles. The second-order valence-corrected chi connectivity index (χ2v) is 7.00. The summed E-state index contributed by atoms with van der Waals surface area (Å²) in [7, 11) is 0. The summed E-state index contributed by atoms with van der Waals surface area (Å²) in [6.07, 6.45) is 6.20. The predicted molar refractivity (Wildman–Crippen MR) is 119 cm³/mol. The molecule has 1 aromatic carbocycles. The van der Waals surface area contributed by atoms with Gasteiger partial charge in [0, 0.05) is 29.8 Å². The summed E-state index contributed by atoms with van der Waals surface area (Å²) in [6, 6.07) is 20.1. The lowest BCUT2D eigenvalue weighted by Gasteiger charge is -2.11. The van der Waals surface area contributed by atoms with Gasteiger partial charge in [0.25, 0.3) is 0 Å². The van der Waals surface area contributed by atoms with Crippen molar-refractivity contribution in [3.63, 3.8) is 0 Å². The summed E-state index contributed by atoms with van der Waals surface area (Å²) < 4.78 is 2.05. The van der Waals surface area contributed by atoms with Crippen molar-refractivity contribution in [1.29, 1.82) is 0 Å². The van der Waals surface area contributed by atoms with E-state index in [1.165, 1.54) is 5.56 Å². The highest BCUT2D eigenvalue weighted by Crippen LogP contribution is 2.31. The Morgan fingerprint density at radius 2 is 1.67 bits per heavy atom. The molecule has 0 atom stereocenters. The number of aryl methyl sites for hydroxylation is 1. The van der Waals surface area contributed by atoms with Crippen LogP contribution in [-0.2, 0) is 6.42 Å². The minimum Gasteiger partial charge on any atom is -0.383 e. The van der Waals surface area contributed by atoms with Crippen molar-refractivity contribution in [3.05, 3.63) is 84.8 Å². The molecule has 6 heteroatoms. The first-order chi connectivity index (χ1) is 14.7. The van der Waals surface area contributed by atoms with E-state index in [1.54, 1.807) is 18.6 Å². The lowest BCUT2D eigenvalue weighted by molar-refractivity contribution is 1.06. The summed E-state index contributed by atoms with van der Waals surface area (Å²) in [6.45, 7) is 2.14. The van der Waals surface area contributed by atoms with Crippen LogP contribution in [0.2, 0.25) is 0 Å². The Morgan fingerprint density at radius 1 is 0.867 bits per heavy atom. The molecule has 30 heavy (non-hydrogen) atoms. The fraction of sp³-hybridized carbons (Fsp3) is 0.0833. The first kappa shape index (κ1) is 18.0. The third kappa shape index (κ3) is 3.08. The van der Waals surface area contributed by atoms with E-state index in [1.807, 2.05) is 41.0 Å². The van der Waals surface area contributed by atoms with Crippen LogP contribution in [0, 0.1) is 0 Å². The van der Waals surface area contributed by atoms with Crippen LogP contribution < -0.4 is 5.73 Å². The molecule has 4 heterocycles. The van der Waals surface area contributed by atoms with Crippen molar-refractivity contribution in [2.24, 2.45) is 0 Å². The van der Waals surface area contributed by atoms with E-state index < -0.39 is 0 Å². The zero-order chi connectivity index (χ0) is 20.5. The van der Waals surface area contributed by atoms with Gasteiger partial charge in [-0.05, 0) is 60.5 Å². The van der Waals surface area contributed by atoms with Crippen molar-refractivity contribution < 1.29 is 0 Å². The van der Waals surface area contributed by atoms with Crippen molar-refractivity contribution in [3.8, 4) is 28.3 Å². The lowest BCUT2D eigenvalue weighted by atomic mass is 10.1. The van der Waals surface area contributed by atoms with Crippen LogP contribution in [0.4, 0.5) is 5.82 Å². The van der Waals surface area contributed by atoms with Crippen molar-refractivity contribution in [1.82, 2.24) is 24.5 Å². The molecule has 4 aromatic heterocycles. The number of pyridine rings is 3. The lowest BCUT2D eigenvalue weighted by Crippen LogP contribution is -2.02. The maximum Gasteiger partial charge on any atom is 0.165 e. The molecule has 0 unspecified atom stereocenters. The zero-order valence-electron chi connectivity index (χ0n) is 16.5. The van der Waals surface area contributed by atoms with Crippen LogP contribution in [0.3, 0.4) is 0 Å². The number of rotatable bonds is 4. The standard InChI is InChI=1S/C24H20N6/c1-2-16-5-7-18(8-6-16)30-23(19-4-3-13-27-22(19)25)29-21-10-9-20(28-24(21)30)17-11-14-26-15-12-17/h3-15H,2H2,1H3,(H2,25,27). The van der Waals surface area contributed by atoms with Gasteiger partial charge in [-0.3, -0.25) is 9.55 Å². The van der Waals surface area contributed by atoms with Gasteiger partial charge < -0.3 is 5.73 Å². The molecule has 0 amide bonds. The summed E-state index contributed by atoms with van der Waals surface area (Å²) in [5.74, 6) is 1.16. The third-order valence-corrected chi connectivity index (χ3v) is 5.16. The highest BCUT2D eigenvalue weighted by molar-refractivity contribution is 5.84. The van der Waals surface area contributed by atoms with Gasteiger partial charge in [0.05, 0.1) is 11.3 Å². The Labute approximate surface area is 174 Å². The normalized spacial score (nSPS) is 11.1. The number of aromatic nitrogens is 5. The van der Waals surface area contributed by atoms with Crippen LogP contribution in [0.5, 0.6) is 0 Å². The maximum atomic E-state index is 6.20. The maximum absolute atomic E-state index is 6.20. The Morgan fingerprint density at radius 3 is 2.40 bits per heavy atom. The number of hydrogen-bond acceptors (Lipinski definition) is 5. The smallest absolute Gasteiger partial charge is 0.165 e. The number of nitrogens with two attached hydrogens (primary N) is 1. The number of fused-ring (bicyclic) bond motifs is 1. The molecule has 5 aromatic rings. The van der Waals surface area contributed by atoms with E-state index in [-0.39, 0.29) is 0 Å². The van der Waals surface area contributed by atoms with Crippen molar-refractivity contribution >= 4 is 17.0 Å². The summed E-state index contributed by atoms with van der Waals surface area (Å²) >= 11 is 0. The topological polar surface area (TPSA) is 82.5 Å². The van der Waals surface area contributed by atoms with Crippen LogP contribution in [-0.4, -0.2) is 24.5 Å². The molecule has 0 bridgehead atoms.